The minimum atomic E-state index is -4.80. The third kappa shape index (κ3) is 14.6. The summed E-state index contributed by atoms with van der Waals surface area (Å²) in [6.45, 7) is 1.55. The van der Waals surface area contributed by atoms with Crippen LogP contribution in [-0.4, -0.2) is 111 Å². The van der Waals surface area contributed by atoms with E-state index in [2.05, 4.69) is 51.6 Å². The van der Waals surface area contributed by atoms with E-state index in [1.807, 2.05) is 14.1 Å². The smallest absolute Gasteiger partial charge is 0.370 e. The van der Waals surface area contributed by atoms with Crippen LogP contribution in [0.5, 0.6) is 0 Å². The van der Waals surface area contributed by atoms with Gasteiger partial charge in [0.15, 0.2) is 11.4 Å². The molecule has 0 radical (unpaired) electrons. The number of pyridine rings is 2. The van der Waals surface area contributed by atoms with Gasteiger partial charge in [-0.1, -0.05) is 48.0 Å². The fourth-order valence-corrected chi connectivity index (χ4v) is 5.89. The van der Waals surface area contributed by atoms with Crippen LogP contribution in [0.2, 0.25) is 5.15 Å². The van der Waals surface area contributed by atoms with Crippen molar-refractivity contribution in [3.05, 3.63) is 149 Å². The number of alkyl halides is 6. The minimum absolute atomic E-state index is 0.00136. The number of para-hydroxylation sites is 2. The number of carbonyl (C=O) groups is 4. The second kappa shape index (κ2) is 23.0. The van der Waals surface area contributed by atoms with Crippen molar-refractivity contribution in [2.45, 2.75) is 18.8 Å². The first-order valence-corrected chi connectivity index (χ1v) is 20.3. The number of halogens is 7. The van der Waals surface area contributed by atoms with Gasteiger partial charge in [-0.05, 0) is 75.6 Å². The zero-order valence-electron chi connectivity index (χ0n) is 35.3. The number of anilines is 1. The Labute approximate surface area is 378 Å². The van der Waals surface area contributed by atoms with Crippen molar-refractivity contribution in [1.29, 1.82) is 0 Å². The van der Waals surface area contributed by atoms with E-state index >= 15 is 0 Å². The number of benzene rings is 2. The molecule has 0 aliphatic rings. The number of hydrogen-bond acceptors (Lipinski definition) is 10. The van der Waals surface area contributed by atoms with Gasteiger partial charge in [0.25, 0.3) is 23.6 Å². The molecule has 0 bridgehead atoms. The minimum Gasteiger partial charge on any atom is -0.370 e. The van der Waals surface area contributed by atoms with E-state index < -0.39 is 58.5 Å². The van der Waals surface area contributed by atoms with Gasteiger partial charge in [-0.25, -0.2) is 19.3 Å². The van der Waals surface area contributed by atoms with Crippen molar-refractivity contribution in [2.75, 3.05) is 58.7 Å². The first-order valence-electron chi connectivity index (χ1n) is 19.9. The third-order valence-corrected chi connectivity index (χ3v) is 9.22. The van der Waals surface area contributed by atoms with Crippen LogP contribution < -0.4 is 26.6 Å². The molecule has 0 spiro atoms. The highest BCUT2D eigenvalue weighted by Crippen LogP contribution is 2.32. The van der Waals surface area contributed by atoms with Gasteiger partial charge < -0.3 is 31.5 Å². The quantitative estimate of drug-likeness (QED) is 0.0418. The lowest BCUT2D eigenvalue weighted by Crippen LogP contribution is -2.35. The van der Waals surface area contributed by atoms with Crippen molar-refractivity contribution in [3.63, 3.8) is 0 Å². The van der Waals surface area contributed by atoms with Crippen molar-refractivity contribution in [1.82, 2.24) is 55.7 Å². The van der Waals surface area contributed by atoms with Gasteiger partial charge in [-0.3, -0.25) is 19.2 Å². The first kappa shape index (κ1) is 49.7. The Morgan fingerprint density at radius 2 is 1.00 bits per heavy atom. The van der Waals surface area contributed by atoms with E-state index in [1.54, 1.807) is 72.8 Å². The highest BCUT2D eigenvalue weighted by Gasteiger charge is 2.40. The molecular formula is C43H43ClF6N12O4. The Bertz CT molecular complexity index is 2540. The molecule has 4 aromatic heterocycles. The zero-order chi connectivity index (χ0) is 47.9. The molecule has 0 aliphatic heterocycles. The predicted molar refractivity (Wildman–Crippen MR) is 232 cm³/mol. The van der Waals surface area contributed by atoms with Crippen LogP contribution in [0.25, 0.3) is 11.4 Å². The van der Waals surface area contributed by atoms with E-state index in [-0.39, 0.29) is 36.9 Å². The van der Waals surface area contributed by atoms with Gasteiger partial charge in [0, 0.05) is 57.5 Å². The van der Waals surface area contributed by atoms with E-state index in [0.717, 1.165) is 41.3 Å². The summed E-state index contributed by atoms with van der Waals surface area (Å²) in [5, 5.41) is 20.3. The number of nitrogens with zero attached hydrogens (tertiary/aromatic N) is 7. The maximum atomic E-state index is 13.4. The Morgan fingerprint density at radius 3 is 1.38 bits per heavy atom. The Hall–Kier alpha value is -7.33. The van der Waals surface area contributed by atoms with Gasteiger partial charge in [-0.15, -0.1) is 0 Å². The lowest BCUT2D eigenvalue weighted by atomic mass is 10.2. The molecule has 4 heterocycles. The summed E-state index contributed by atoms with van der Waals surface area (Å²) in [5.41, 5.74) is -2.44. The number of nitrogens with one attached hydrogen (secondary N) is 5. The Balaban J connectivity index is 0.000000251. The van der Waals surface area contributed by atoms with Crippen LogP contribution in [0.15, 0.2) is 110 Å². The SMILES string of the molecule is CN(C)CCCNc1ccc(C(=O)NCCNC(=O)c2cn(-c3ccccc3)nc2C(F)(F)F)cn1.O=C(NCCNC(=O)c1cn(-c2ccccc2)nc1C(F)(F)F)c1ccc(Cl)nc1. The molecule has 0 unspecified atom stereocenters. The average molecular weight is 941 g/mol. The second-order valence-corrected chi connectivity index (χ2v) is 14.6. The van der Waals surface area contributed by atoms with Gasteiger partial charge in [-0.2, -0.15) is 36.5 Å². The number of amides is 4. The summed E-state index contributed by atoms with van der Waals surface area (Å²) in [6.07, 6.45) is -3.90. The van der Waals surface area contributed by atoms with Crippen molar-refractivity contribution >= 4 is 41.0 Å². The summed E-state index contributed by atoms with van der Waals surface area (Å²) >= 11 is 5.64. The lowest BCUT2D eigenvalue weighted by Gasteiger charge is -2.10. The van der Waals surface area contributed by atoms with Gasteiger partial charge >= 0.3 is 12.4 Å². The molecule has 0 aliphatic carbocycles. The average Bonchev–Trinajstić information content (AvgIpc) is 3.97. The summed E-state index contributed by atoms with van der Waals surface area (Å²) in [5.74, 6) is -2.11. The van der Waals surface area contributed by atoms with Crippen LogP contribution in [0.1, 0.15) is 59.2 Å². The molecule has 6 rings (SSSR count). The van der Waals surface area contributed by atoms with E-state index in [1.165, 1.54) is 24.5 Å². The molecule has 0 atom stereocenters. The van der Waals surface area contributed by atoms with Crippen molar-refractivity contribution in [3.8, 4) is 11.4 Å². The van der Waals surface area contributed by atoms with Crippen molar-refractivity contribution < 1.29 is 45.5 Å². The van der Waals surface area contributed by atoms with Crippen LogP contribution in [-0.2, 0) is 12.4 Å². The second-order valence-electron chi connectivity index (χ2n) is 14.2. The predicted octanol–water partition coefficient (Wildman–Crippen LogP) is 5.91. The molecule has 4 amide bonds. The lowest BCUT2D eigenvalue weighted by molar-refractivity contribution is -0.142. The summed E-state index contributed by atoms with van der Waals surface area (Å²) in [4.78, 5) is 59.1. The fraction of sp³-hybridized carbons (Fsp3) is 0.256. The summed E-state index contributed by atoms with van der Waals surface area (Å²) < 4.78 is 82.3. The molecule has 0 saturated carbocycles. The standard InChI is InChI=1S/C24H28F3N7O2.C19H15ClF3N5O2/c1-33(2)14-6-11-28-20-10-9-17(15-31-20)22(35)29-12-13-30-23(36)19-16-34(18-7-4-3-5-8-18)32-21(19)24(25,26)27;20-15-7-6-12(10-26-15)17(29)24-8-9-25-18(30)14-11-28(13-4-2-1-3-5-13)27-16(14)19(21,22)23/h3-5,7-10,15-16H,6,11-14H2,1-2H3,(H,28,31)(H,29,35)(H,30,36);1-7,10-11H,8-9H2,(H,24,29)(H,25,30). The molecular weight excluding hydrogens is 898 g/mol. The maximum Gasteiger partial charge on any atom is 0.435 e. The first-order chi connectivity index (χ1) is 31.4. The van der Waals surface area contributed by atoms with Crippen LogP contribution >= 0.6 is 11.6 Å². The largest absolute Gasteiger partial charge is 0.435 e. The number of aromatic nitrogens is 6. The molecule has 5 N–H and O–H groups in total. The number of rotatable bonds is 17. The summed E-state index contributed by atoms with van der Waals surface area (Å²) in [6, 6.07) is 22.5. The Kier molecular flexibility index (Phi) is 17.3. The van der Waals surface area contributed by atoms with E-state index in [0.29, 0.717) is 22.8 Å². The van der Waals surface area contributed by atoms with Gasteiger partial charge in [0.05, 0.1) is 33.6 Å². The zero-order valence-corrected chi connectivity index (χ0v) is 36.0. The molecule has 66 heavy (non-hydrogen) atoms. The normalized spacial score (nSPS) is 11.3. The fourth-order valence-electron chi connectivity index (χ4n) is 5.78. The van der Waals surface area contributed by atoms with Crippen LogP contribution in [0, 0.1) is 0 Å². The third-order valence-electron chi connectivity index (χ3n) is 8.99. The van der Waals surface area contributed by atoms with Crippen LogP contribution in [0.3, 0.4) is 0 Å². The van der Waals surface area contributed by atoms with E-state index in [4.69, 9.17) is 11.6 Å². The molecule has 0 fully saturated rings. The molecule has 23 heteroatoms. The molecule has 6 aromatic rings. The molecule has 16 nitrogen and oxygen atoms in total. The number of carbonyl (C=O) groups excluding carboxylic acids is 4. The monoisotopic (exact) mass is 940 g/mol. The molecule has 2 aromatic carbocycles. The van der Waals surface area contributed by atoms with E-state index in [9.17, 15) is 45.5 Å². The maximum absolute atomic E-state index is 13.4. The van der Waals surface area contributed by atoms with Gasteiger partial charge in [0.1, 0.15) is 11.0 Å². The topological polar surface area (TPSA) is 193 Å². The molecule has 348 valence electrons. The summed E-state index contributed by atoms with van der Waals surface area (Å²) in [7, 11) is 3.99. The van der Waals surface area contributed by atoms with Crippen LogP contribution in [0.4, 0.5) is 32.2 Å². The molecule has 0 saturated heterocycles. The highest BCUT2D eigenvalue weighted by molar-refractivity contribution is 6.29. The Morgan fingerprint density at radius 1 is 0.576 bits per heavy atom. The highest BCUT2D eigenvalue weighted by atomic mass is 35.5. The van der Waals surface area contributed by atoms with Gasteiger partial charge in [0.2, 0.25) is 0 Å². The van der Waals surface area contributed by atoms with Crippen molar-refractivity contribution in [2.24, 2.45) is 0 Å². The number of hydrogen-bond donors (Lipinski definition) is 5.